The van der Waals surface area contributed by atoms with Crippen molar-refractivity contribution in [1.29, 1.82) is 0 Å². The molecule has 200 valence electrons. The van der Waals surface area contributed by atoms with Crippen molar-refractivity contribution in [1.82, 2.24) is 9.13 Å². The van der Waals surface area contributed by atoms with Crippen molar-refractivity contribution in [2.24, 2.45) is 0 Å². The molecule has 0 aliphatic heterocycles. The first-order valence-corrected chi connectivity index (χ1v) is 15.3. The number of fused-ring (bicyclic) bond motifs is 1. The number of nitrogens with zero attached hydrogens (tertiary/aromatic N) is 2. The van der Waals surface area contributed by atoms with Gasteiger partial charge in [-0.25, -0.2) is 9.18 Å². The van der Waals surface area contributed by atoms with Crippen LogP contribution in [-0.2, 0) is 15.6 Å². The number of anilines is 1. The van der Waals surface area contributed by atoms with Crippen molar-refractivity contribution in [3.05, 3.63) is 38.8 Å². The van der Waals surface area contributed by atoms with Gasteiger partial charge in [-0.1, -0.05) is 32.1 Å². The van der Waals surface area contributed by atoms with Crippen LogP contribution in [0.3, 0.4) is 0 Å². The molecule has 2 aromatic rings. The Balaban J connectivity index is 1.70. The lowest BCUT2D eigenvalue weighted by Gasteiger charge is -2.25. The van der Waals surface area contributed by atoms with Gasteiger partial charge in [-0.15, -0.1) is 0 Å². The predicted molar refractivity (Wildman–Crippen MR) is 142 cm³/mol. The van der Waals surface area contributed by atoms with E-state index in [1.54, 1.807) is 24.5 Å². The van der Waals surface area contributed by atoms with E-state index in [0.717, 1.165) is 51.4 Å². The molecular weight excluding hydrogens is 484 g/mol. The predicted octanol–water partition coefficient (Wildman–Crippen LogP) is 5.38. The average Bonchev–Trinajstić information content (AvgIpc) is 3.38. The summed E-state index contributed by atoms with van der Waals surface area (Å²) in [6, 6.07) is 3.14. The lowest BCUT2D eigenvalue weighted by molar-refractivity contribution is 0.188. The molecule has 0 saturated heterocycles. The molecule has 0 spiro atoms. The minimum Gasteiger partial charge on any atom is -0.380 e. The maximum absolute atomic E-state index is 15.2. The molecule has 0 bridgehead atoms. The minimum absolute atomic E-state index is 0.0175. The van der Waals surface area contributed by atoms with Crippen molar-refractivity contribution in [2.45, 2.75) is 96.7 Å². The van der Waals surface area contributed by atoms with E-state index in [-0.39, 0.29) is 35.9 Å². The Hall–Kier alpha value is -1.80. The van der Waals surface area contributed by atoms with Crippen molar-refractivity contribution < 1.29 is 18.3 Å². The van der Waals surface area contributed by atoms with Gasteiger partial charge in [0.2, 0.25) is 0 Å². The topological polar surface area (TPSA) is 94.7 Å². The molecule has 4 rings (SSSR count). The number of aromatic nitrogens is 2. The molecule has 0 atom stereocenters. The normalized spacial score (nSPS) is 17.8. The lowest BCUT2D eigenvalue weighted by atomic mass is 9.95. The van der Waals surface area contributed by atoms with Gasteiger partial charge in [0.15, 0.2) is 0 Å². The molecule has 2 aliphatic rings. The molecule has 1 aromatic heterocycles. The Morgan fingerprint density at radius 1 is 1.03 bits per heavy atom. The Kier molecular flexibility index (Phi) is 9.20. The van der Waals surface area contributed by atoms with Gasteiger partial charge in [0.05, 0.1) is 29.8 Å². The van der Waals surface area contributed by atoms with E-state index in [1.165, 1.54) is 17.1 Å². The molecule has 1 heterocycles. The van der Waals surface area contributed by atoms with Crippen molar-refractivity contribution >= 4 is 24.5 Å². The van der Waals surface area contributed by atoms with E-state index in [0.29, 0.717) is 30.8 Å². The average molecular weight is 525 g/mol. The highest BCUT2D eigenvalue weighted by Gasteiger charge is 2.39. The second kappa shape index (κ2) is 12.2. The van der Waals surface area contributed by atoms with Crippen LogP contribution in [0.15, 0.2) is 21.7 Å². The number of halogens is 1. The molecule has 1 aromatic carbocycles. The van der Waals surface area contributed by atoms with E-state index in [2.05, 4.69) is 5.32 Å². The van der Waals surface area contributed by atoms with Crippen LogP contribution in [0.25, 0.3) is 10.9 Å². The fraction of sp³-hybridized carbons (Fsp3) is 0.692. The molecule has 36 heavy (non-hydrogen) atoms. The van der Waals surface area contributed by atoms with Crippen LogP contribution in [-0.4, -0.2) is 39.4 Å². The summed E-state index contributed by atoms with van der Waals surface area (Å²) in [6.07, 6.45) is 9.72. The molecule has 0 amide bonds. The van der Waals surface area contributed by atoms with Crippen molar-refractivity contribution in [2.75, 3.05) is 24.7 Å². The van der Waals surface area contributed by atoms with Crippen LogP contribution in [0.2, 0.25) is 0 Å². The summed E-state index contributed by atoms with van der Waals surface area (Å²) in [5, 5.41) is 3.55. The fourth-order valence-electron chi connectivity index (χ4n) is 5.69. The SMILES string of the molecule is CCO[P+](O)(CCCn1c(=O)c2cc(F)c(NC3CCCCC3)cc2n(C2CCCC2)c1=O)OCC. The number of benzene rings is 1. The molecule has 2 aliphatic carbocycles. The van der Waals surface area contributed by atoms with Crippen LogP contribution in [0, 0.1) is 5.82 Å². The van der Waals surface area contributed by atoms with Gasteiger partial charge >= 0.3 is 13.6 Å². The zero-order valence-corrected chi connectivity index (χ0v) is 22.4. The van der Waals surface area contributed by atoms with E-state index in [1.807, 2.05) is 0 Å². The summed E-state index contributed by atoms with van der Waals surface area (Å²) >= 11 is 0. The molecule has 8 nitrogen and oxygen atoms in total. The van der Waals surface area contributed by atoms with Gasteiger partial charge in [0, 0.05) is 25.0 Å². The van der Waals surface area contributed by atoms with Gasteiger partial charge in [-0.05, 0) is 51.7 Å². The molecule has 2 fully saturated rings. The van der Waals surface area contributed by atoms with Gasteiger partial charge in [-0.3, -0.25) is 13.9 Å². The number of nitrogens with one attached hydrogen (secondary N) is 1. The Morgan fingerprint density at radius 3 is 2.31 bits per heavy atom. The monoisotopic (exact) mass is 524 g/mol. The van der Waals surface area contributed by atoms with Gasteiger partial charge in [0.25, 0.3) is 5.56 Å². The van der Waals surface area contributed by atoms with Gasteiger partial charge in [-0.2, -0.15) is 13.9 Å². The molecular formula is C26H40FN3O5P+. The second-order valence-electron chi connectivity index (χ2n) is 9.93. The van der Waals surface area contributed by atoms with E-state index in [4.69, 9.17) is 9.05 Å². The zero-order valence-electron chi connectivity index (χ0n) is 21.5. The summed E-state index contributed by atoms with van der Waals surface area (Å²) in [4.78, 5) is 37.8. The third kappa shape index (κ3) is 6.01. The fourth-order valence-corrected chi connectivity index (χ4v) is 7.37. The minimum atomic E-state index is -3.04. The van der Waals surface area contributed by atoms with Crippen LogP contribution in [0.5, 0.6) is 0 Å². The molecule has 2 N–H and O–H groups in total. The van der Waals surface area contributed by atoms with Crippen LogP contribution in [0.1, 0.15) is 84.1 Å². The highest BCUT2D eigenvalue weighted by atomic mass is 31.2. The van der Waals surface area contributed by atoms with Crippen molar-refractivity contribution in [3.63, 3.8) is 0 Å². The summed E-state index contributed by atoms with van der Waals surface area (Å²) < 4.78 is 29.0. The first-order valence-electron chi connectivity index (χ1n) is 13.5. The third-order valence-corrected chi connectivity index (χ3v) is 9.60. The summed E-state index contributed by atoms with van der Waals surface area (Å²) in [5.74, 6) is -0.471. The Labute approximate surface area is 212 Å². The Bertz CT molecular complexity index is 1150. The van der Waals surface area contributed by atoms with Crippen molar-refractivity contribution in [3.8, 4) is 0 Å². The Morgan fingerprint density at radius 2 is 1.67 bits per heavy atom. The quantitative estimate of drug-likeness (QED) is 0.383. The third-order valence-electron chi connectivity index (χ3n) is 7.40. The van der Waals surface area contributed by atoms with E-state index < -0.39 is 19.3 Å². The van der Waals surface area contributed by atoms with Crippen LogP contribution in [0.4, 0.5) is 10.1 Å². The standard InChI is InChI=1S/C26H39FN3O5P/c1-3-34-36(33,35-4-2)16-10-15-29-25(31)21-17-22(27)23(28-19-11-6-5-7-12-19)18-24(21)30(26(29)32)20-13-8-9-14-20/h17-20,33H,3-16H2,1-2H3/p+1. The maximum atomic E-state index is 15.2. The maximum Gasteiger partial charge on any atom is 0.408 e. The number of hydrogen-bond donors (Lipinski definition) is 2. The van der Waals surface area contributed by atoms with Gasteiger partial charge < -0.3 is 5.32 Å². The first-order chi connectivity index (χ1) is 17.4. The molecule has 10 heteroatoms. The highest BCUT2D eigenvalue weighted by molar-refractivity contribution is 7.60. The summed E-state index contributed by atoms with van der Waals surface area (Å²) in [6.45, 7) is 4.29. The second-order valence-corrected chi connectivity index (χ2v) is 12.2. The first kappa shape index (κ1) is 27.2. The largest absolute Gasteiger partial charge is 0.408 e. The van der Waals surface area contributed by atoms with Crippen LogP contribution < -0.4 is 16.6 Å². The molecule has 0 unspecified atom stereocenters. The summed E-state index contributed by atoms with van der Waals surface area (Å²) in [5.41, 5.74) is -0.00661. The number of rotatable bonds is 11. The summed E-state index contributed by atoms with van der Waals surface area (Å²) in [7, 11) is -3.04. The van der Waals surface area contributed by atoms with Crippen LogP contribution >= 0.6 is 7.94 Å². The molecule has 0 radical (unpaired) electrons. The zero-order chi connectivity index (χ0) is 25.7. The lowest BCUT2D eigenvalue weighted by Crippen LogP contribution is -2.41. The molecule has 2 saturated carbocycles. The van der Waals surface area contributed by atoms with Gasteiger partial charge in [0.1, 0.15) is 12.0 Å². The van der Waals surface area contributed by atoms with E-state index >= 15 is 4.39 Å². The number of hydrogen-bond acceptors (Lipinski definition) is 6. The van der Waals surface area contributed by atoms with E-state index in [9.17, 15) is 14.5 Å². The smallest absolute Gasteiger partial charge is 0.380 e. The highest BCUT2D eigenvalue weighted by Crippen LogP contribution is 2.57.